The number of carboxylic acids is 1. The highest BCUT2D eigenvalue weighted by Crippen LogP contribution is 2.31. The van der Waals surface area contributed by atoms with E-state index in [0.717, 1.165) is 36.5 Å². The van der Waals surface area contributed by atoms with Crippen LogP contribution in [0.2, 0.25) is 10.0 Å². The van der Waals surface area contributed by atoms with Gasteiger partial charge in [-0.2, -0.15) is 0 Å². The Morgan fingerprint density at radius 2 is 0.931 bits per heavy atom. The lowest BCUT2D eigenvalue weighted by atomic mass is 10.0. The number of ketones is 3. The van der Waals surface area contributed by atoms with Crippen LogP contribution in [0.3, 0.4) is 0 Å². The van der Waals surface area contributed by atoms with E-state index in [-0.39, 0.29) is 77.2 Å². The Morgan fingerprint density at radius 1 is 0.494 bits per heavy atom. The fourth-order valence-electron chi connectivity index (χ4n) is 7.80. The van der Waals surface area contributed by atoms with Crippen LogP contribution in [0.25, 0.3) is 0 Å². The number of carboxylic acid groups (broad SMARTS) is 1. The number of sulfonamides is 3. The van der Waals surface area contributed by atoms with Crippen LogP contribution in [0.4, 0.5) is 28.6 Å². The van der Waals surface area contributed by atoms with Crippen molar-refractivity contribution in [2.45, 2.75) is 34.6 Å². The van der Waals surface area contributed by atoms with Crippen LogP contribution >= 0.6 is 23.2 Å². The Balaban J connectivity index is 0.000000187. The number of nitrogens with one attached hydrogen (secondary N) is 3. The third-order valence-corrected chi connectivity index (χ3v) is 16.5. The maximum absolute atomic E-state index is 12.9. The molecule has 0 aliphatic rings. The Hall–Kier alpha value is -10.2. The summed E-state index contributed by atoms with van der Waals surface area (Å²) in [5.74, 6) is -2.58. The van der Waals surface area contributed by atoms with Crippen LogP contribution < -0.4 is 18.9 Å². The highest BCUT2D eigenvalue weighted by molar-refractivity contribution is 7.93. The highest BCUT2D eigenvalue weighted by Gasteiger charge is 2.28. The van der Waals surface area contributed by atoms with Crippen LogP contribution in [0.15, 0.2) is 227 Å². The molecule has 0 aliphatic carbocycles. The summed E-state index contributed by atoms with van der Waals surface area (Å²) in [6, 6.07) is 49.2. The van der Waals surface area contributed by atoms with Gasteiger partial charge in [0.2, 0.25) is 0 Å². The number of pyridine rings is 1. The highest BCUT2D eigenvalue weighted by atomic mass is 35.5. The first-order chi connectivity index (χ1) is 41.2. The van der Waals surface area contributed by atoms with Crippen molar-refractivity contribution < 1.29 is 64.1 Å². The second-order valence-corrected chi connectivity index (χ2v) is 24.2. The van der Waals surface area contributed by atoms with E-state index in [1.54, 1.807) is 91.0 Å². The molecule has 87 heavy (non-hydrogen) atoms. The molecule has 4 N–H and O–H groups in total. The molecule has 27 heteroatoms. The van der Waals surface area contributed by atoms with E-state index in [0.29, 0.717) is 16.3 Å². The zero-order valence-corrected chi connectivity index (χ0v) is 49.1. The van der Waals surface area contributed by atoms with Crippen LogP contribution in [0, 0.1) is 20.2 Å². The van der Waals surface area contributed by atoms with Crippen LogP contribution in [0.5, 0.6) is 5.75 Å². The SMILES string of the molecule is CC(C)Oc1ccc(S(=O)(=O)Nc2ncc(C(=O)O)cc2C(=O)c2ccccc2)cc1.O=C(c1ccccc1)c1cc(Cl)ccc1NS(=O)(=O)c1ccccc1[N+](=O)[O-].O=C(c1ccccc1)c1cc([N+](=O)[O-])ccc1NS(=O)(=O)c1ccc(Cl)cc1. The minimum atomic E-state index is -4.33. The third kappa shape index (κ3) is 16.8. The van der Waals surface area contributed by atoms with Gasteiger partial charge in [-0.1, -0.05) is 126 Å². The maximum atomic E-state index is 12.9. The van der Waals surface area contributed by atoms with E-state index in [1.165, 1.54) is 84.9 Å². The predicted molar refractivity (Wildman–Crippen MR) is 325 cm³/mol. The lowest BCUT2D eigenvalue weighted by Crippen LogP contribution is -2.18. The lowest BCUT2D eigenvalue weighted by molar-refractivity contribution is -0.387. The summed E-state index contributed by atoms with van der Waals surface area (Å²) in [4.78, 5) is 74.0. The van der Waals surface area contributed by atoms with Crippen molar-refractivity contribution in [3.8, 4) is 5.75 Å². The Labute approximate surface area is 507 Å². The molecule has 0 bridgehead atoms. The van der Waals surface area contributed by atoms with Gasteiger partial charge in [-0.3, -0.25) is 48.8 Å². The number of halogens is 2. The monoisotopic (exact) mass is 1270 g/mol. The number of rotatable bonds is 20. The minimum absolute atomic E-state index is 0.0286. The molecule has 0 fully saturated rings. The maximum Gasteiger partial charge on any atom is 0.337 e. The number of nitro benzene ring substituents is 2. The molecule has 9 rings (SSSR count). The second-order valence-electron chi connectivity index (χ2n) is 18.3. The van der Waals surface area contributed by atoms with Gasteiger partial charge in [-0.05, 0) is 98.8 Å². The number of carbonyl (C=O) groups is 4. The van der Waals surface area contributed by atoms with Crippen molar-refractivity contribution in [1.82, 2.24) is 4.98 Å². The van der Waals surface area contributed by atoms with Gasteiger partial charge in [-0.15, -0.1) is 0 Å². The first kappa shape index (κ1) is 64.4. The summed E-state index contributed by atoms with van der Waals surface area (Å²) in [5.41, 5.74) is -0.613. The first-order valence-corrected chi connectivity index (χ1v) is 30.4. The number of non-ortho nitro benzene ring substituents is 1. The van der Waals surface area contributed by atoms with Gasteiger partial charge < -0.3 is 9.84 Å². The number of benzene rings is 8. The summed E-state index contributed by atoms with van der Waals surface area (Å²) in [6.07, 6.45) is 0.922. The van der Waals surface area contributed by atoms with Crippen molar-refractivity contribution in [1.29, 1.82) is 0 Å². The normalized spacial score (nSPS) is 11.1. The summed E-state index contributed by atoms with van der Waals surface area (Å²) < 4.78 is 88.9. The van der Waals surface area contributed by atoms with E-state index in [1.807, 2.05) is 13.8 Å². The number of hydrogen-bond donors (Lipinski definition) is 4. The molecule has 8 aromatic carbocycles. The second kappa shape index (κ2) is 28.1. The minimum Gasteiger partial charge on any atom is -0.491 e. The molecule has 9 aromatic rings. The molecule has 0 spiro atoms. The van der Waals surface area contributed by atoms with Gasteiger partial charge in [0.1, 0.15) is 5.75 Å². The van der Waals surface area contributed by atoms with Crippen molar-refractivity contribution >= 4 is 105 Å². The summed E-state index contributed by atoms with van der Waals surface area (Å²) in [5, 5.41) is 32.1. The van der Waals surface area contributed by atoms with Gasteiger partial charge in [0.05, 0.1) is 53.8 Å². The smallest absolute Gasteiger partial charge is 0.337 e. The number of nitro groups is 2. The standard InChI is InChI=1S/C22H20N2O6S.2C19H13ClN2O5S/c1-14(2)30-17-8-10-18(11-9-17)31(28,29)24-21-19(12-16(13-23-21)22(26)27)20(25)15-6-4-3-5-7-15;20-14-10-11-16(15(12-14)19(23)13-6-2-1-3-7-13)21-28(26,27)18-9-5-4-8-17(18)22(24)25;20-14-6-9-16(10-7-14)28(26,27)21-18-11-8-15(22(24)25)12-17(18)19(23)13-4-2-1-3-5-13/h3-14H,1-2H3,(H,23,24)(H,26,27);2*1-12,21H. The number of carbonyl (C=O) groups excluding carboxylic acids is 3. The molecular formula is C60H46Cl2N6O16S3. The van der Waals surface area contributed by atoms with Gasteiger partial charge in [0.25, 0.3) is 41.4 Å². The van der Waals surface area contributed by atoms with Crippen molar-refractivity contribution in [3.05, 3.63) is 282 Å². The van der Waals surface area contributed by atoms with Gasteiger partial charge >= 0.3 is 5.97 Å². The summed E-state index contributed by atoms with van der Waals surface area (Å²) in [6.45, 7) is 3.70. The van der Waals surface area contributed by atoms with E-state index in [4.69, 9.17) is 27.9 Å². The van der Waals surface area contributed by atoms with E-state index in [2.05, 4.69) is 19.2 Å². The Morgan fingerprint density at radius 3 is 1.43 bits per heavy atom. The Kier molecular flexibility index (Phi) is 20.8. The summed E-state index contributed by atoms with van der Waals surface area (Å²) >= 11 is 11.8. The molecule has 22 nitrogen and oxygen atoms in total. The predicted octanol–water partition coefficient (Wildman–Crippen LogP) is 12.2. The van der Waals surface area contributed by atoms with Crippen LogP contribution in [-0.2, 0) is 30.1 Å². The van der Waals surface area contributed by atoms with Crippen molar-refractivity contribution in [3.63, 3.8) is 0 Å². The number of anilines is 3. The molecular weight excluding hydrogens is 1230 g/mol. The van der Waals surface area contributed by atoms with Gasteiger partial charge in [0.15, 0.2) is 28.1 Å². The molecule has 444 valence electrons. The number of aromatic nitrogens is 1. The number of nitrogens with zero attached hydrogens (tertiary/aromatic N) is 3. The molecule has 0 aliphatic heterocycles. The lowest BCUT2D eigenvalue weighted by Gasteiger charge is -2.13. The van der Waals surface area contributed by atoms with E-state index in [9.17, 15) is 69.8 Å². The quantitative estimate of drug-likeness (QED) is 0.0313. The largest absolute Gasteiger partial charge is 0.491 e. The molecule has 0 radical (unpaired) electrons. The van der Waals surface area contributed by atoms with Crippen molar-refractivity contribution in [2.75, 3.05) is 14.2 Å². The average molecular weight is 1270 g/mol. The van der Waals surface area contributed by atoms with Crippen LogP contribution in [-0.4, -0.2) is 74.6 Å². The Bertz CT molecular complexity index is 4420. The van der Waals surface area contributed by atoms with E-state index >= 15 is 0 Å². The third-order valence-electron chi connectivity index (χ3n) is 11.9. The zero-order valence-electron chi connectivity index (χ0n) is 45.2. The molecule has 0 atom stereocenters. The molecule has 1 aromatic heterocycles. The molecule has 0 unspecified atom stereocenters. The molecule has 0 saturated carbocycles. The van der Waals surface area contributed by atoms with Gasteiger partial charge in [-0.25, -0.2) is 35.0 Å². The number of para-hydroxylation sites is 1. The average Bonchev–Trinajstić information content (AvgIpc) is 1.65. The van der Waals surface area contributed by atoms with E-state index < -0.39 is 73.8 Å². The fraction of sp³-hybridized carbons (Fsp3) is 0.0500. The van der Waals surface area contributed by atoms with Gasteiger partial charge in [0, 0.05) is 56.7 Å². The first-order valence-electron chi connectivity index (χ1n) is 25.2. The molecule has 1 heterocycles. The van der Waals surface area contributed by atoms with Crippen molar-refractivity contribution in [2.24, 2.45) is 0 Å². The number of ether oxygens (including phenoxy) is 1. The number of aromatic carboxylic acids is 1. The number of hydrogen-bond acceptors (Lipinski definition) is 16. The topological polar surface area (TPSA) is 335 Å². The molecule has 0 amide bonds. The summed E-state index contributed by atoms with van der Waals surface area (Å²) in [7, 11) is -12.5. The zero-order chi connectivity index (χ0) is 63.2. The fourth-order valence-corrected chi connectivity index (χ4v) is 11.5. The van der Waals surface area contributed by atoms with Crippen LogP contribution in [0.1, 0.15) is 72.0 Å². The molecule has 0 saturated heterocycles.